The van der Waals surface area contributed by atoms with Gasteiger partial charge < -0.3 is 0 Å². The van der Waals surface area contributed by atoms with Gasteiger partial charge in [0.1, 0.15) is 11.5 Å². The number of nitrogens with one attached hydrogen (secondary N) is 2. The van der Waals surface area contributed by atoms with Gasteiger partial charge in [-0.2, -0.15) is 5.10 Å². The summed E-state index contributed by atoms with van der Waals surface area (Å²) < 4.78 is 13.6. The van der Waals surface area contributed by atoms with Crippen molar-refractivity contribution in [1.29, 1.82) is 0 Å². The third kappa shape index (κ3) is 3.51. The maximum absolute atomic E-state index is 13.6. The summed E-state index contributed by atoms with van der Waals surface area (Å²) in [5, 5.41) is 11.3. The van der Waals surface area contributed by atoms with Gasteiger partial charge in [-0.1, -0.05) is 11.6 Å². The van der Waals surface area contributed by atoms with Crippen LogP contribution in [0.5, 0.6) is 0 Å². The Morgan fingerprint density at radius 1 is 1.31 bits per heavy atom. The van der Waals surface area contributed by atoms with Gasteiger partial charge in [-0.05, 0) is 42.5 Å². The van der Waals surface area contributed by atoms with Crippen LogP contribution in [0, 0.1) is 5.82 Å². The first kappa shape index (κ1) is 19.3. The molecule has 0 saturated carbocycles. The van der Waals surface area contributed by atoms with Crippen molar-refractivity contribution in [3.05, 3.63) is 51.6 Å². The van der Waals surface area contributed by atoms with Crippen molar-refractivity contribution in [3.63, 3.8) is 0 Å². The number of rotatable bonds is 3. The number of H-pyrrole nitrogens is 1. The number of piperidine rings is 1. The number of carbonyl (C=O) groups is 1. The summed E-state index contributed by atoms with van der Waals surface area (Å²) in [6.07, 6.45) is 3.48. The number of halogens is 3. The van der Waals surface area contributed by atoms with E-state index in [1.54, 1.807) is 12.1 Å². The third-order valence-corrected chi connectivity index (χ3v) is 5.65. The topological polar surface area (TPSA) is 61.0 Å². The molecule has 0 aliphatic carbocycles. The number of aromatic amines is 1. The van der Waals surface area contributed by atoms with Crippen molar-refractivity contribution >= 4 is 30.3 Å². The highest BCUT2D eigenvalue weighted by atomic mass is 35.5. The molecule has 1 fully saturated rings. The lowest BCUT2D eigenvalue weighted by molar-refractivity contribution is 0.109. The molecule has 0 spiro atoms. The highest BCUT2D eigenvalue weighted by Crippen LogP contribution is 2.36. The van der Waals surface area contributed by atoms with Crippen molar-refractivity contribution in [2.24, 2.45) is 0 Å². The van der Waals surface area contributed by atoms with Gasteiger partial charge >= 0.3 is 0 Å². The van der Waals surface area contributed by atoms with Crippen molar-refractivity contribution in [1.82, 2.24) is 20.4 Å². The molecule has 4 rings (SSSR count). The zero-order valence-electron chi connectivity index (χ0n) is 14.2. The monoisotopic (exact) mass is 398 g/mol. The van der Waals surface area contributed by atoms with Gasteiger partial charge in [0.25, 0.3) is 0 Å². The summed E-state index contributed by atoms with van der Waals surface area (Å²) in [5.41, 5.74) is 3.41. The maximum atomic E-state index is 13.6. The quantitative estimate of drug-likeness (QED) is 0.777. The molecule has 0 bridgehead atoms. The fourth-order valence-electron chi connectivity index (χ4n) is 4.03. The third-order valence-electron chi connectivity index (χ3n) is 5.30. The number of aromatic nitrogens is 2. The molecule has 1 unspecified atom stereocenters. The Morgan fingerprint density at radius 3 is 2.81 bits per heavy atom. The molecule has 0 amide bonds. The lowest BCUT2D eigenvalue weighted by Gasteiger charge is -2.40. The summed E-state index contributed by atoms with van der Waals surface area (Å²) in [4.78, 5) is 13.6. The number of fused-ring (bicyclic) bond motifs is 1. The van der Waals surface area contributed by atoms with Crippen LogP contribution >= 0.6 is 24.0 Å². The number of carbonyl (C=O) groups excluding carboxylic acids is 1. The second-order valence-electron chi connectivity index (χ2n) is 6.70. The van der Waals surface area contributed by atoms with Crippen LogP contribution in [0.15, 0.2) is 18.2 Å². The Kier molecular flexibility index (Phi) is 5.97. The molecular weight excluding hydrogens is 378 g/mol. The van der Waals surface area contributed by atoms with Crippen molar-refractivity contribution in [2.75, 3.05) is 19.6 Å². The Labute approximate surface area is 162 Å². The molecule has 5 nitrogen and oxygen atoms in total. The molecule has 3 heterocycles. The van der Waals surface area contributed by atoms with Gasteiger partial charge in [0.2, 0.25) is 0 Å². The molecule has 1 aromatic heterocycles. The fourth-order valence-corrected chi connectivity index (χ4v) is 4.30. The smallest absolute Gasteiger partial charge is 0.170 e. The number of nitrogens with zero attached hydrogens (tertiary/aromatic N) is 2. The van der Waals surface area contributed by atoms with Crippen LogP contribution in [0.3, 0.4) is 0 Å². The summed E-state index contributed by atoms with van der Waals surface area (Å²) in [7, 11) is 0. The van der Waals surface area contributed by atoms with Crippen LogP contribution in [-0.2, 0) is 6.42 Å². The fraction of sp³-hybridized carbons (Fsp3) is 0.444. The van der Waals surface area contributed by atoms with Gasteiger partial charge in [-0.15, -0.1) is 12.4 Å². The highest BCUT2D eigenvalue weighted by Gasteiger charge is 2.33. The van der Waals surface area contributed by atoms with Crippen LogP contribution in [0.2, 0.25) is 5.02 Å². The van der Waals surface area contributed by atoms with Crippen LogP contribution in [0.4, 0.5) is 4.39 Å². The molecule has 2 N–H and O–H groups in total. The number of hydrogen-bond acceptors (Lipinski definition) is 4. The van der Waals surface area contributed by atoms with Gasteiger partial charge in [0.15, 0.2) is 6.29 Å². The Hall–Kier alpha value is -1.47. The van der Waals surface area contributed by atoms with E-state index in [9.17, 15) is 9.18 Å². The van der Waals surface area contributed by atoms with E-state index in [1.807, 2.05) is 0 Å². The van der Waals surface area contributed by atoms with Crippen LogP contribution in [-0.4, -0.2) is 41.0 Å². The molecule has 140 valence electrons. The number of benzene rings is 1. The Bertz CT molecular complexity index is 789. The molecule has 2 aromatic rings. The minimum atomic E-state index is -0.241. The Balaban J connectivity index is 0.00000196. The van der Waals surface area contributed by atoms with Gasteiger partial charge in [0.05, 0.1) is 6.17 Å². The summed E-state index contributed by atoms with van der Waals surface area (Å²) in [5.74, 6) is 0.0202. The summed E-state index contributed by atoms with van der Waals surface area (Å²) >= 11 is 6.26. The predicted octanol–water partition coefficient (Wildman–Crippen LogP) is 3.46. The molecule has 1 atom stereocenters. The van der Waals surface area contributed by atoms with E-state index in [1.165, 1.54) is 6.07 Å². The minimum absolute atomic E-state index is 0. The van der Waals surface area contributed by atoms with E-state index in [2.05, 4.69) is 20.4 Å². The summed E-state index contributed by atoms with van der Waals surface area (Å²) in [6, 6.07) is 4.59. The summed E-state index contributed by atoms with van der Waals surface area (Å²) in [6.45, 7) is 2.57. The number of aldehydes is 1. The van der Waals surface area contributed by atoms with Gasteiger partial charge in [-0.25, -0.2) is 4.39 Å². The van der Waals surface area contributed by atoms with Crippen molar-refractivity contribution in [2.45, 2.75) is 31.3 Å². The lowest BCUT2D eigenvalue weighted by Crippen LogP contribution is -2.45. The maximum Gasteiger partial charge on any atom is 0.170 e. The molecule has 1 saturated heterocycles. The lowest BCUT2D eigenvalue weighted by atomic mass is 9.88. The normalized spacial score (nSPS) is 21.1. The molecule has 2 aliphatic rings. The standard InChI is InChI=1S/C18H20ClFN4O.ClH/c19-14-2-1-12(20)9-13(14)11-4-7-24(8-5-11)18-17-15(3-6-21-18)22-23-16(17)10-25;/h1-2,9-11,18,21H,3-8H2,(H,22,23);1H. The van der Waals surface area contributed by atoms with Crippen LogP contribution < -0.4 is 5.32 Å². The molecule has 2 aliphatic heterocycles. The van der Waals surface area contributed by atoms with E-state index in [-0.39, 0.29) is 30.3 Å². The van der Waals surface area contributed by atoms with E-state index in [4.69, 9.17) is 11.6 Å². The zero-order valence-corrected chi connectivity index (χ0v) is 15.7. The first-order valence-electron chi connectivity index (χ1n) is 8.62. The van der Waals surface area contributed by atoms with Crippen LogP contribution in [0.1, 0.15) is 52.2 Å². The van der Waals surface area contributed by atoms with Gasteiger partial charge in [-0.3, -0.25) is 20.1 Å². The first-order chi connectivity index (χ1) is 12.2. The van der Waals surface area contributed by atoms with E-state index in [0.29, 0.717) is 10.7 Å². The predicted molar refractivity (Wildman–Crippen MR) is 101 cm³/mol. The minimum Gasteiger partial charge on any atom is -0.297 e. The average Bonchev–Trinajstić information content (AvgIpc) is 3.07. The second kappa shape index (κ2) is 8.05. The molecule has 26 heavy (non-hydrogen) atoms. The molecule has 8 heteroatoms. The van der Waals surface area contributed by atoms with Crippen molar-refractivity contribution in [3.8, 4) is 0 Å². The van der Waals surface area contributed by atoms with E-state index in [0.717, 1.165) is 62.0 Å². The average molecular weight is 399 g/mol. The Morgan fingerprint density at radius 2 is 2.08 bits per heavy atom. The number of likely N-dealkylation sites (tertiary alicyclic amines) is 1. The largest absolute Gasteiger partial charge is 0.297 e. The SMILES string of the molecule is Cl.O=Cc1n[nH]c2c1C(N1CCC(c3cc(F)ccc3Cl)CC1)NCC2. The molecule has 1 aromatic carbocycles. The first-order valence-corrected chi connectivity index (χ1v) is 9.00. The second-order valence-corrected chi connectivity index (χ2v) is 7.11. The van der Waals surface area contributed by atoms with E-state index < -0.39 is 0 Å². The van der Waals surface area contributed by atoms with E-state index >= 15 is 0 Å². The molecular formula is C18H21Cl2FN4O. The zero-order chi connectivity index (χ0) is 17.4. The molecule has 0 radical (unpaired) electrons. The van der Waals surface area contributed by atoms with Crippen molar-refractivity contribution < 1.29 is 9.18 Å². The van der Waals surface area contributed by atoms with Gasteiger partial charge in [0, 0.05) is 42.3 Å². The number of hydrogen-bond donors (Lipinski definition) is 2. The van der Waals surface area contributed by atoms with Crippen LogP contribution in [0.25, 0.3) is 0 Å². The highest BCUT2D eigenvalue weighted by molar-refractivity contribution is 6.31.